The number of carbonyl (C=O) groups is 1. The molecule has 34 heavy (non-hydrogen) atoms. The molecule has 7 nitrogen and oxygen atoms in total. The van der Waals surface area contributed by atoms with Crippen LogP contribution in [0.3, 0.4) is 0 Å². The maximum atomic E-state index is 12.9. The van der Waals surface area contributed by atoms with Crippen molar-refractivity contribution in [3.63, 3.8) is 0 Å². The fourth-order valence-electron chi connectivity index (χ4n) is 3.57. The van der Waals surface area contributed by atoms with Crippen LogP contribution in [0.15, 0.2) is 82.2 Å². The van der Waals surface area contributed by atoms with Crippen LogP contribution >= 0.6 is 0 Å². The standard InChI is InChI=1S/C27H26N2O5/c1-27(2,3)17-9-11-24(32-4)22(15-17)29-26(31)28-21-10-12-23(20-8-6-5-7-19(20)21)34-18-13-14-33-25(30)16-18/h5-16H,1-4H3,(H2,28,29,31). The van der Waals surface area contributed by atoms with Gasteiger partial charge in [-0.25, -0.2) is 9.59 Å². The normalized spacial score (nSPS) is 11.2. The van der Waals surface area contributed by atoms with E-state index in [0.717, 1.165) is 16.3 Å². The van der Waals surface area contributed by atoms with E-state index in [1.165, 1.54) is 12.3 Å². The van der Waals surface area contributed by atoms with Crippen molar-refractivity contribution >= 4 is 28.2 Å². The number of hydrogen-bond acceptors (Lipinski definition) is 5. The number of benzene rings is 3. The monoisotopic (exact) mass is 458 g/mol. The number of ether oxygens (including phenoxy) is 2. The minimum absolute atomic E-state index is 0.0785. The molecule has 0 aliphatic carbocycles. The molecule has 0 atom stereocenters. The minimum atomic E-state index is -0.497. The van der Waals surface area contributed by atoms with Gasteiger partial charge in [0, 0.05) is 16.8 Å². The van der Waals surface area contributed by atoms with Crippen molar-refractivity contribution < 1.29 is 18.7 Å². The average Bonchev–Trinajstić information content (AvgIpc) is 2.80. The molecule has 0 unspecified atom stereocenters. The Hall–Kier alpha value is -4.26. The zero-order valence-corrected chi connectivity index (χ0v) is 19.5. The van der Waals surface area contributed by atoms with Crippen molar-refractivity contribution in [3.05, 3.63) is 89.0 Å². The molecule has 1 aromatic heterocycles. The zero-order valence-electron chi connectivity index (χ0n) is 19.5. The number of fused-ring (bicyclic) bond motifs is 1. The summed E-state index contributed by atoms with van der Waals surface area (Å²) in [4.78, 5) is 24.4. The van der Waals surface area contributed by atoms with Crippen LogP contribution in [0.5, 0.6) is 17.2 Å². The first kappa shape index (κ1) is 22.9. The van der Waals surface area contributed by atoms with Crippen LogP contribution in [0.25, 0.3) is 10.8 Å². The van der Waals surface area contributed by atoms with E-state index in [1.807, 2.05) is 42.5 Å². The molecule has 3 aromatic carbocycles. The molecule has 4 aromatic rings. The van der Waals surface area contributed by atoms with Crippen LogP contribution in [-0.2, 0) is 5.41 Å². The summed E-state index contributed by atoms with van der Waals surface area (Å²) in [5.41, 5.74) is 1.69. The highest BCUT2D eigenvalue weighted by molar-refractivity contribution is 6.08. The number of carbonyl (C=O) groups excluding carboxylic acids is 1. The van der Waals surface area contributed by atoms with Crippen LogP contribution in [0.1, 0.15) is 26.3 Å². The van der Waals surface area contributed by atoms with Crippen LogP contribution in [0.4, 0.5) is 16.2 Å². The predicted molar refractivity (Wildman–Crippen MR) is 133 cm³/mol. The number of hydrogen-bond donors (Lipinski definition) is 2. The first-order valence-electron chi connectivity index (χ1n) is 10.8. The summed E-state index contributed by atoms with van der Waals surface area (Å²) in [7, 11) is 1.57. The molecule has 174 valence electrons. The average molecular weight is 459 g/mol. The quantitative estimate of drug-likeness (QED) is 0.355. The lowest BCUT2D eigenvalue weighted by atomic mass is 9.87. The van der Waals surface area contributed by atoms with Crippen molar-refractivity contribution in [1.82, 2.24) is 0 Å². The predicted octanol–water partition coefficient (Wildman–Crippen LogP) is 6.54. The number of anilines is 2. The van der Waals surface area contributed by atoms with Crippen molar-refractivity contribution in [1.29, 1.82) is 0 Å². The van der Waals surface area contributed by atoms with Gasteiger partial charge in [0.1, 0.15) is 17.2 Å². The number of rotatable bonds is 5. The molecule has 0 saturated carbocycles. The maximum Gasteiger partial charge on any atom is 0.339 e. The molecule has 2 N–H and O–H groups in total. The van der Waals surface area contributed by atoms with Crippen LogP contribution in [0, 0.1) is 0 Å². The summed E-state index contributed by atoms with van der Waals surface area (Å²) in [6.45, 7) is 6.32. The minimum Gasteiger partial charge on any atom is -0.495 e. The molecule has 0 fully saturated rings. The van der Waals surface area contributed by atoms with Gasteiger partial charge < -0.3 is 24.5 Å². The first-order valence-corrected chi connectivity index (χ1v) is 10.8. The van der Waals surface area contributed by atoms with Crippen molar-refractivity contribution in [3.8, 4) is 17.2 Å². The fourth-order valence-corrected chi connectivity index (χ4v) is 3.57. The van der Waals surface area contributed by atoms with E-state index >= 15 is 0 Å². The van der Waals surface area contributed by atoms with Crippen LogP contribution < -0.4 is 25.7 Å². The van der Waals surface area contributed by atoms with Crippen molar-refractivity contribution in [2.45, 2.75) is 26.2 Å². The molecule has 4 rings (SSSR count). The third kappa shape index (κ3) is 5.04. The Labute approximate surface area is 197 Å². The summed E-state index contributed by atoms with van der Waals surface area (Å²) in [6.07, 6.45) is 1.28. The molecule has 0 aliphatic heterocycles. The van der Waals surface area contributed by atoms with Gasteiger partial charge in [0.05, 0.1) is 30.8 Å². The summed E-state index contributed by atoms with van der Waals surface area (Å²) in [5.74, 6) is 1.49. The van der Waals surface area contributed by atoms with Crippen LogP contribution in [-0.4, -0.2) is 13.1 Å². The summed E-state index contributed by atoms with van der Waals surface area (Å²) in [6, 6.07) is 19.2. The molecule has 0 aliphatic rings. The molecular formula is C27H26N2O5. The van der Waals surface area contributed by atoms with Crippen molar-refractivity contribution in [2.75, 3.05) is 17.7 Å². The Bertz CT molecular complexity index is 1400. The zero-order chi connectivity index (χ0) is 24.3. The highest BCUT2D eigenvalue weighted by Crippen LogP contribution is 2.35. The second kappa shape index (κ2) is 9.31. The molecule has 1 heterocycles. The van der Waals surface area contributed by atoms with E-state index in [4.69, 9.17) is 13.9 Å². The maximum absolute atomic E-state index is 12.9. The van der Waals surface area contributed by atoms with Crippen LogP contribution in [0.2, 0.25) is 0 Å². The lowest BCUT2D eigenvalue weighted by Crippen LogP contribution is -2.21. The van der Waals surface area contributed by atoms with E-state index < -0.39 is 11.7 Å². The van der Waals surface area contributed by atoms with Gasteiger partial charge in [-0.05, 0) is 35.2 Å². The number of amides is 2. The summed E-state index contributed by atoms with van der Waals surface area (Å²) >= 11 is 0. The molecule has 7 heteroatoms. The highest BCUT2D eigenvalue weighted by atomic mass is 16.5. The number of methoxy groups -OCH3 is 1. The van der Waals surface area contributed by atoms with Gasteiger partial charge in [0.15, 0.2) is 0 Å². The molecule has 0 spiro atoms. The van der Waals surface area contributed by atoms with E-state index in [-0.39, 0.29) is 5.41 Å². The summed E-state index contributed by atoms with van der Waals surface area (Å²) in [5, 5.41) is 7.38. The highest BCUT2D eigenvalue weighted by Gasteiger charge is 2.17. The van der Waals surface area contributed by atoms with E-state index in [1.54, 1.807) is 25.3 Å². The molecule has 0 bridgehead atoms. The third-order valence-corrected chi connectivity index (χ3v) is 5.35. The Kier molecular flexibility index (Phi) is 6.27. The molecule has 0 saturated heterocycles. The Morgan fingerprint density at radius 3 is 2.26 bits per heavy atom. The summed E-state index contributed by atoms with van der Waals surface area (Å²) < 4.78 is 16.1. The van der Waals surface area contributed by atoms with Gasteiger partial charge in [-0.2, -0.15) is 0 Å². The van der Waals surface area contributed by atoms with E-state index in [2.05, 4.69) is 31.4 Å². The van der Waals surface area contributed by atoms with E-state index in [9.17, 15) is 9.59 Å². The molecular weight excluding hydrogens is 432 g/mol. The van der Waals surface area contributed by atoms with Gasteiger partial charge in [-0.15, -0.1) is 0 Å². The third-order valence-electron chi connectivity index (χ3n) is 5.35. The second-order valence-corrected chi connectivity index (χ2v) is 8.79. The Morgan fingerprint density at radius 1 is 0.853 bits per heavy atom. The van der Waals surface area contributed by atoms with E-state index in [0.29, 0.717) is 28.6 Å². The smallest absolute Gasteiger partial charge is 0.339 e. The van der Waals surface area contributed by atoms with Crippen molar-refractivity contribution in [2.24, 2.45) is 0 Å². The lowest BCUT2D eigenvalue weighted by Gasteiger charge is -2.21. The fraction of sp³-hybridized carbons (Fsp3) is 0.185. The van der Waals surface area contributed by atoms with Gasteiger partial charge in [0.25, 0.3) is 0 Å². The SMILES string of the molecule is COc1ccc(C(C)(C)C)cc1NC(=O)Nc1ccc(Oc2ccoc(=O)c2)c2ccccc12. The second-order valence-electron chi connectivity index (χ2n) is 8.79. The van der Waals surface area contributed by atoms with Gasteiger partial charge in [0.2, 0.25) is 0 Å². The van der Waals surface area contributed by atoms with Gasteiger partial charge >= 0.3 is 11.7 Å². The molecule has 0 radical (unpaired) electrons. The van der Waals surface area contributed by atoms with Gasteiger partial charge in [-0.1, -0.05) is 51.1 Å². The number of nitrogens with one attached hydrogen (secondary N) is 2. The Balaban J connectivity index is 1.61. The van der Waals surface area contributed by atoms with Gasteiger partial charge in [-0.3, -0.25) is 0 Å². The first-order chi connectivity index (χ1) is 16.2. The topological polar surface area (TPSA) is 89.8 Å². The largest absolute Gasteiger partial charge is 0.495 e. The number of urea groups is 1. The Morgan fingerprint density at radius 2 is 1.56 bits per heavy atom. The lowest BCUT2D eigenvalue weighted by molar-refractivity contribution is 0.262. The molecule has 2 amide bonds.